The van der Waals surface area contributed by atoms with E-state index in [2.05, 4.69) is 0 Å². The number of rotatable bonds is 4. The fraction of sp³-hybridized carbons (Fsp3) is 0.188. The highest BCUT2D eigenvalue weighted by molar-refractivity contribution is 6.32. The van der Waals surface area contributed by atoms with Crippen molar-refractivity contribution in [3.63, 3.8) is 0 Å². The largest absolute Gasteiger partial charge is 0.489 e. The lowest BCUT2D eigenvalue weighted by atomic mass is 10.1. The zero-order chi connectivity index (χ0) is 15.6. The standard InChI is InChI=1S/C16H14ClFO3/c1-9-5-13(6-10(2)15(9)17)21-8-11-7-12(18)3-4-14(11)16(19)20/h3-7H,8H2,1-2H3,(H,19,20). The van der Waals surface area contributed by atoms with Gasteiger partial charge in [-0.3, -0.25) is 0 Å². The van der Waals surface area contributed by atoms with E-state index in [1.165, 1.54) is 12.1 Å². The van der Waals surface area contributed by atoms with Crippen molar-refractivity contribution < 1.29 is 19.0 Å². The van der Waals surface area contributed by atoms with Crippen LogP contribution in [0.4, 0.5) is 4.39 Å². The van der Waals surface area contributed by atoms with E-state index < -0.39 is 11.8 Å². The first kappa shape index (κ1) is 15.3. The Bertz CT molecular complexity index is 675. The average molecular weight is 309 g/mol. The summed E-state index contributed by atoms with van der Waals surface area (Å²) >= 11 is 6.07. The number of benzene rings is 2. The maximum absolute atomic E-state index is 13.3. The van der Waals surface area contributed by atoms with Crippen LogP contribution in [0.5, 0.6) is 5.75 Å². The molecule has 0 amide bonds. The van der Waals surface area contributed by atoms with Gasteiger partial charge in [0.1, 0.15) is 18.2 Å². The summed E-state index contributed by atoms with van der Waals surface area (Å²) in [5, 5.41) is 9.75. The van der Waals surface area contributed by atoms with Crippen LogP contribution in [0.2, 0.25) is 5.02 Å². The van der Waals surface area contributed by atoms with Crippen molar-refractivity contribution >= 4 is 17.6 Å². The number of carboxylic acids is 1. The Hall–Kier alpha value is -2.07. The summed E-state index contributed by atoms with van der Waals surface area (Å²) in [6.45, 7) is 3.68. The molecule has 0 aliphatic carbocycles. The summed E-state index contributed by atoms with van der Waals surface area (Å²) in [5.41, 5.74) is 2.04. The Balaban J connectivity index is 2.24. The SMILES string of the molecule is Cc1cc(OCc2cc(F)ccc2C(=O)O)cc(C)c1Cl. The van der Waals surface area contributed by atoms with E-state index in [-0.39, 0.29) is 17.7 Å². The predicted molar refractivity (Wildman–Crippen MR) is 78.6 cm³/mol. The predicted octanol–water partition coefficient (Wildman–Crippen LogP) is 4.37. The van der Waals surface area contributed by atoms with Crippen LogP contribution in [-0.2, 0) is 6.61 Å². The first-order valence-corrected chi connectivity index (χ1v) is 6.67. The monoisotopic (exact) mass is 308 g/mol. The van der Waals surface area contributed by atoms with E-state index >= 15 is 0 Å². The fourth-order valence-electron chi connectivity index (χ4n) is 2.04. The highest BCUT2D eigenvalue weighted by atomic mass is 35.5. The van der Waals surface area contributed by atoms with E-state index in [0.29, 0.717) is 10.8 Å². The van der Waals surface area contributed by atoms with E-state index in [1.807, 2.05) is 13.8 Å². The van der Waals surface area contributed by atoms with Crippen LogP contribution < -0.4 is 4.74 Å². The molecule has 2 rings (SSSR count). The topological polar surface area (TPSA) is 46.5 Å². The van der Waals surface area contributed by atoms with Crippen molar-refractivity contribution in [2.75, 3.05) is 0 Å². The quantitative estimate of drug-likeness (QED) is 0.912. The van der Waals surface area contributed by atoms with E-state index in [4.69, 9.17) is 21.4 Å². The van der Waals surface area contributed by atoms with Crippen LogP contribution in [0.1, 0.15) is 27.0 Å². The number of carbonyl (C=O) groups is 1. The van der Waals surface area contributed by atoms with Gasteiger partial charge in [-0.15, -0.1) is 0 Å². The Morgan fingerprint density at radius 3 is 2.43 bits per heavy atom. The number of aromatic carboxylic acids is 1. The molecule has 0 heterocycles. The molecule has 0 spiro atoms. The van der Waals surface area contributed by atoms with Crippen molar-refractivity contribution in [1.82, 2.24) is 0 Å². The van der Waals surface area contributed by atoms with E-state index in [1.54, 1.807) is 12.1 Å². The van der Waals surface area contributed by atoms with Gasteiger partial charge >= 0.3 is 5.97 Å². The summed E-state index contributed by atoms with van der Waals surface area (Å²) in [7, 11) is 0. The van der Waals surface area contributed by atoms with Crippen LogP contribution in [0.15, 0.2) is 30.3 Å². The lowest BCUT2D eigenvalue weighted by Crippen LogP contribution is -2.06. The lowest BCUT2D eigenvalue weighted by Gasteiger charge is -2.11. The molecular weight excluding hydrogens is 295 g/mol. The summed E-state index contributed by atoms with van der Waals surface area (Å²) < 4.78 is 18.8. The molecule has 0 unspecified atom stereocenters. The van der Waals surface area contributed by atoms with Crippen LogP contribution >= 0.6 is 11.6 Å². The molecular formula is C16H14ClFO3. The molecule has 0 radical (unpaired) electrons. The first-order valence-electron chi connectivity index (χ1n) is 6.29. The van der Waals surface area contributed by atoms with Crippen molar-refractivity contribution in [2.24, 2.45) is 0 Å². The molecule has 2 aromatic carbocycles. The van der Waals surface area contributed by atoms with Gasteiger partial charge in [-0.25, -0.2) is 9.18 Å². The summed E-state index contributed by atoms with van der Waals surface area (Å²) in [5.74, 6) is -1.05. The van der Waals surface area contributed by atoms with Crippen molar-refractivity contribution in [3.8, 4) is 5.75 Å². The van der Waals surface area contributed by atoms with Gasteiger partial charge in [0.15, 0.2) is 0 Å². The molecule has 0 atom stereocenters. The average Bonchev–Trinajstić information content (AvgIpc) is 2.42. The molecule has 0 aromatic heterocycles. The molecule has 3 nitrogen and oxygen atoms in total. The number of hydrogen-bond donors (Lipinski definition) is 1. The van der Waals surface area contributed by atoms with Crippen molar-refractivity contribution in [3.05, 3.63) is 63.4 Å². The third-order valence-electron chi connectivity index (χ3n) is 3.10. The lowest BCUT2D eigenvalue weighted by molar-refractivity contribution is 0.0694. The maximum atomic E-state index is 13.3. The molecule has 21 heavy (non-hydrogen) atoms. The smallest absolute Gasteiger partial charge is 0.336 e. The van der Waals surface area contributed by atoms with E-state index in [9.17, 15) is 9.18 Å². The van der Waals surface area contributed by atoms with Gasteiger partial charge in [-0.1, -0.05) is 11.6 Å². The van der Waals surface area contributed by atoms with Gasteiger partial charge in [-0.2, -0.15) is 0 Å². The number of ether oxygens (including phenoxy) is 1. The Kier molecular flexibility index (Phi) is 4.48. The van der Waals surface area contributed by atoms with Crippen LogP contribution in [0, 0.1) is 19.7 Å². The highest BCUT2D eigenvalue weighted by Gasteiger charge is 2.12. The second-order valence-corrected chi connectivity index (χ2v) is 5.14. The minimum atomic E-state index is -1.11. The Morgan fingerprint density at radius 1 is 1.24 bits per heavy atom. The molecule has 110 valence electrons. The minimum absolute atomic E-state index is 0.0267. The molecule has 0 bridgehead atoms. The second-order valence-electron chi connectivity index (χ2n) is 4.77. The molecule has 0 aliphatic heterocycles. The maximum Gasteiger partial charge on any atom is 0.336 e. The number of aryl methyl sites for hydroxylation is 2. The first-order chi connectivity index (χ1) is 9.88. The van der Waals surface area contributed by atoms with Crippen molar-refractivity contribution in [1.29, 1.82) is 0 Å². The Morgan fingerprint density at radius 2 is 1.86 bits per heavy atom. The molecule has 0 aliphatic rings. The van der Waals surface area contributed by atoms with Gasteiger partial charge in [0, 0.05) is 10.6 Å². The second kappa shape index (κ2) is 6.14. The van der Waals surface area contributed by atoms with Gasteiger partial charge < -0.3 is 9.84 Å². The van der Waals surface area contributed by atoms with Gasteiger partial charge in [-0.05, 0) is 55.3 Å². The number of hydrogen-bond acceptors (Lipinski definition) is 2. The summed E-state index contributed by atoms with van der Waals surface area (Å²) in [4.78, 5) is 11.1. The van der Waals surface area contributed by atoms with E-state index in [0.717, 1.165) is 17.2 Å². The molecule has 2 aromatic rings. The summed E-state index contributed by atoms with van der Waals surface area (Å²) in [6, 6.07) is 7.03. The zero-order valence-electron chi connectivity index (χ0n) is 11.6. The van der Waals surface area contributed by atoms with Crippen LogP contribution in [0.3, 0.4) is 0 Å². The normalized spacial score (nSPS) is 10.5. The highest BCUT2D eigenvalue weighted by Crippen LogP contribution is 2.26. The van der Waals surface area contributed by atoms with Crippen molar-refractivity contribution in [2.45, 2.75) is 20.5 Å². The molecule has 5 heteroatoms. The fourth-order valence-corrected chi connectivity index (χ4v) is 2.15. The number of halogens is 2. The van der Waals surface area contributed by atoms with Gasteiger partial charge in [0.25, 0.3) is 0 Å². The molecule has 1 N–H and O–H groups in total. The zero-order valence-corrected chi connectivity index (χ0v) is 12.4. The van der Waals surface area contributed by atoms with Crippen LogP contribution in [-0.4, -0.2) is 11.1 Å². The third-order valence-corrected chi connectivity index (χ3v) is 3.70. The Labute approximate surface area is 126 Å². The third kappa shape index (κ3) is 3.52. The summed E-state index contributed by atoms with van der Waals surface area (Å²) in [6.07, 6.45) is 0. The van der Waals surface area contributed by atoms with Crippen LogP contribution in [0.25, 0.3) is 0 Å². The molecule has 0 fully saturated rings. The molecule has 0 saturated carbocycles. The number of carboxylic acid groups (broad SMARTS) is 1. The molecule has 0 saturated heterocycles. The van der Waals surface area contributed by atoms with Gasteiger partial charge in [0.05, 0.1) is 5.56 Å². The minimum Gasteiger partial charge on any atom is -0.489 e. The van der Waals surface area contributed by atoms with Gasteiger partial charge in [0.2, 0.25) is 0 Å².